The molecule has 2 heterocycles. The van der Waals surface area contributed by atoms with Gasteiger partial charge in [-0.1, -0.05) is 12.8 Å². The van der Waals surface area contributed by atoms with Crippen molar-refractivity contribution < 1.29 is 4.74 Å². The Morgan fingerprint density at radius 2 is 2.09 bits per heavy atom. The van der Waals surface area contributed by atoms with E-state index in [1.54, 1.807) is 0 Å². The molecule has 22 heavy (non-hydrogen) atoms. The Balaban J connectivity index is 1.56. The molecule has 1 aliphatic carbocycles. The summed E-state index contributed by atoms with van der Waals surface area (Å²) in [6.45, 7) is 7.58. The molecule has 0 aromatic heterocycles. The number of hydrogen-bond donors (Lipinski definition) is 0. The predicted molar refractivity (Wildman–Crippen MR) is 91.2 cm³/mol. The lowest BCUT2D eigenvalue weighted by Crippen LogP contribution is -2.48. The van der Waals surface area contributed by atoms with E-state index in [0.29, 0.717) is 12.1 Å². The average molecular weight is 305 g/mol. The van der Waals surface area contributed by atoms with Gasteiger partial charge in [0.15, 0.2) is 0 Å². The van der Waals surface area contributed by atoms with Gasteiger partial charge in [0.1, 0.15) is 0 Å². The smallest absolute Gasteiger partial charge is 0.0702 e. The van der Waals surface area contributed by atoms with Crippen molar-refractivity contribution in [2.75, 3.05) is 32.8 Å². The average Bonchev–Trinajstić information content (AvgIpc) is 2.57. The van der Waals surface area contributed by atoms with Gasteiger partial charge in [-0.25, -0.2) is 0 Å². The van der Waals surface area contributed by atoms with Gasteiger partial charge in [-0.3, -0.25) is 4.99 Å². The molecule has 4 heteroatoms. The van der Waals surface area contributed by atoms with E-state index in [4.69, 9.17) is 4.74 Å². The molecule has 4 nitrogen and oxygen atoms in total. The first-order chi connectivity index (χ1) is 10.9. The Morgan fingerprint density at radius 1 is 1.18 bits per heavy atom. The van der Waals surface area contributed by atoms with Gasteiger partial charge in [-0.15, -0.1) is 0 Å². The van der Waals surface area contributed by atoms with Gasteiger partial charge < -0.3 is 14.5 Å². The quantitative estimate of drug-likeness (QED) is 0.782. The molecule has 0 N–H and O–H groups in total. The fraction of sp³-hybridized carbons (Fsp3) is 0.833. The van der Waals surface area contributed by atoms with E-state index in [1.807, 2.05) is 12.4 Å². The van der Waals surface area contributed by atoms with E-state index < -0.39 is 0 Å². The molecule has 1 saturated carbocycles. The third kappa shape index (κ3) is 4.11. The first kappa shape index (κ1) is 16.0. The molecule has 0 aromatic carbocycles. The van der Waals surface area contributed by atoms with Crippen LogP contribution in [0, 0.1) is 5.92 Å². The second kappa shape index (κ2) is 8.11. The first-order valence-electron chi connectivity index (χ1n) is 9.15. The Bertz CT molecular complexity index is 394. The first-order valence-corrected chi connectivity index (χ1v) is 9.15. The van der Waals surface area contributed by atoms with Crippen LogP contribution < -0.4 is 0 Å². The number of hydrogen-bond acceptors (Lipinski definition) is 4. The minimum absolute atomic E-state index is 0.461. The summed E-state index contributed by atoms with van der Waals surface area (Å²) < 4.78 is 5.86. The molecule has 0 unspecified atom stereocenters. The minimum Gasteiger partial charge on any atom is -0.377 e. The van der Waals surface area contributed by atoms with Gasteiger partial charge in [-0.05, 0) is 45.1 Å². The monoisotopic (exact) mass is 305 g/mol. The summed E-state index contributed by atoms with van der Waals surface area (Å²) in [6.07, 6.45) is 14.7. The Morgan fingerprint density at radius 3 is 2.91 bits per heavy atom. The van der Waals surface area contributed by atoms with Crippen LogP contribution >= 0.6 is 0 Å². The highest BCUT2D eigenvalue weighted by molar-refractivity contribution is 5.61. The van der Waals surface area contributed by atoms with Crippen LogP contribution in [-0.2, 0) is 4.74 Å². The van der Waals surface area contributed by atoms with Crippen LogP contribution in [-0.4, -0.2) is 60.9 Å². The van der Waals surface area contributed by atoms with Crippen LogP contribution in [0.1, 0.15) is 45.4 Å². The Kier molecular flexibility index (Phi) is 5.90. The van der Waals surface area contributed by atoms with Gasteiger partial charge in [0.05, 0.1) is 12.6 Å². The molecule has 3 atom stereocenters. The third-order valence-corrected chi connectivity index (χ3v) is 5.39. The van der Waals surface area contributed by atoms with Crippen molar-refractivity contribution in [3.8, 4) is 0 Å². The fourth-order valence-electron chi connectivity index (χ4n) is 4.35. The number of likely N-dealkylation sites (tertiary alicyclic amines) is 1. The summed E-state index contributed by atoms with van der Waals surface area (Å²) in [5.74, 6) is 0.797. The molecule has 3 aliphatic rings. The normalized spacial score (nSPS) is 33.3. The van der Waals surface area contributed by atoms with Crippen molar-refractivity contribution in [2.24, 2.45) is 10.9 Å². The molecule has 0 amide bonds. The SMILES string of the molecule is CCO[C@@H]1CCCN(C[C@H]2CCCC[C@@H]2N2C=CN=CC2)C1. The number of nitrogens with zero attached hydrogens (tertiary/aromatic N) is 3. The van der Waals surface area contributed by atoms with Crippen molar-refractivity contribution in [2.45, 2.75) is 57.6 Å². The van der Waals surface area contributed by atoms with E-state index in [-0.39, 0.29) is 0 Å². The number of rotatable bonds is 5. The second-order valence-electron chi connectivity index (χ2n) is 6.92. The maximum atomic E-state index is 5.86. The largest absolute Gasteiger partial charge is 0.377 e. The molecule has 0 spiro atoms. The highest BCUT2D eigenvalue weighted by Gasteiger charge is 2.31. The fourth-order valence-corrected chi connectivity index (χ4v) is 4.35. The third-order valence-electron chi connectivity index (χ3n) is 5.39. The number of aliphatic imine (C=N–C) groups is 1. The van der Waals surface area contributed by atoms with E-state index in [1.165, 1.54) is 51.6 Å². The number of ether oxygens (including phenoxy) is 1. The standard InChI is InChI=1S/C18H31N3O/c1-2-22-17-7-5-11-20(15-17)14-16-6-3-4-8-18(16)21-12-9-19-10-13-21/h9-10,12,16-18H,2-8,11,13-15H2,1H3/t16-,17-,18+/m1/s1. The molecule has 0 bridgehead atoms. The zero-order chi connectivity index (χ0) is 15.2. The van der Waals surface area contributed by atoms with Crippen molar-refractivity contribution in [1.29, 1.82) is 0 Å². The predicted octanol–water partition coefficient (Wildman–Crippen LogP) is 2.90. The van der Waals surface area contributed by atoms with E-state index in [9.17, 15) is 0 Å². The summed E-state index contributed by atoms with van der Waals surface area (Å²) in [5, 5.41) is 0. The maximum absolute atomic E-state index is 5.86. The summed E-state index contributed by atoms with van der Waals surface area (Å²) >= 11 is 0. The number of piperidine rings is 1. The van der Waals surface area contributed by atoms with E-state index >= 15 is 0 Å². The van der Waals surface area contributed by atoms with E-state index in [0.717, 1.165) is 25.6 Å². The lowest BCUT2D eigenvalue weighted by Gasteiger charge is -2.43. The van der Waals surface area contributed by atoms with Gasteiger partial charge in [0.25, 0.3) is 0 Å². The van der Waals surface area contributed by atoms with Crippen LogP contribution in [0.2, 0.25) is 0 Å². The van der Waals surface area contributed by atoms with Crippen molar-refractivity contribution >= 4 is 6.21 Å². The Hall–Kier alpha value is -0.870. The van der Waals surface area contributed by atoms with Crippen LogP contribution in [0.5, 0.6) is 0 Å². The summed E-state index contributed by atoms with van der Waals surface area (Å²) in [5.41, 5.74) is 0. The Labute approximate surface area is 135 Å². The lowest BCUT2D eigenvalue weighted by molar-refractivity contribution is -0.00458. The highest BCUT2D eigenvalue weighted by Crippen LogP contribution is 2.30. The van der Waals surface area contributed by atoms with Crippen LogP contribution in [0.4, 0.5) is 0 Å². The molecule has 3 rings (SSSR count). The van der Waals surface area contributed by atoms with Crippen LogP contribution in [0.25, 0.3) is 0 Å². The van der Waals surface area contributed by atoms with Gasteiger partial charge in [0.2, 0.25) is 0 Å². The van der Waals surface area contributed by atoms with Crippen molar-refractivity contribution in [3.63, 3.8) is 0 Å². The molecular weight excluding hydrogens is 274 g/mol. The summed E-state index contributed by atoms with van der Waals surface area (Å²) in [7, 11) is 0. The zero-order valence-electron chi connectivity index (χ0n) is 14.0. The summed E-state index contributed by atoms with van der Waals surface area (Å²) in [6, 6.07) is 0.698. The van der Waals surface area contributed by atoms with Gasteiger partial charge in [0, 0.05) is 44.4 Å². The van der Waals surface area contributed by atoms with Crippen molar-refractivity contribution in [3.05, 3.63) is 12.4 Å². The molecule has 0 radical (unpaired) electrons. The zero-order valence-corrected chi connectivity index (χ0v) is 14.0. The topological polar surface area (TPSA) is 28.1 Å². The maximum Gasteiger partial charge on any atom is 0.0702 e. The molecular formula is C18H31N3O. The molecule has 124 valence electrons. The second-order valence-corrected chi connectivity index (χ2v) is 6.92. The molecule has 2 aliphatic heterocycles. The molecule has 2 fully saturated rings. The molecule has 0 aromatic rings. The molecule has 1 saturated heterocycles. The summed E-state index contributed by atoms with van der Waals surface area (Å²) in [4.78, 5) is 9.40. The van der Waals surface area contributed by atoms with Gasteiger partial charge in [-0.2, -0.15) is 0 Å². The van der Waals surface area contributed by atoms with Gasteiger partial charge >= 0.3 is 0 Å². The highest BCUT2D eigenvalue weighted by atomic mass is 16.5. The minimum atomic E-state index is 0.461. The van der Waals surface area contributed by atoms with Crippen LogP contribution in [0.3, 0.4) is 0 Å². The van der Waals surface area contributed by atoms with E-state index in [2.05, 4.69) is 27.9 Å². The lowest BCUT2D eigenvalue weighted by atomic mass is 9.82. The van der Waals surface area contributed by atoms with Crippen molar-refractivity contribution in [1.82, 2.24) is 9.80 Å². The van der Waals surface area contributed by atoms with Crippen LogP contribution in [0.15, 0.2) is 17.4 Å².